The van der Waals surface area contributed by atoms with Crippen LogP contribution in [0.5, 0.6) is 11.5 Å². The first kappa shape index (κ1) is 38.2. The second kappa shape index (κ2) is 16.0. The maximum atomic E-state index is 13.8. The van der Waals surface area contributed by atoms with Crippen LogP contribution in [-0.2, 0) is 0 Å². The maximum absolute atomic E-state index is 13.8. The van der Waals surface area contributed by atoms with Gasteiger partial charge in [-0.2, -0.15) is 0 Å². The fourth-order valence-electron chi connectivity index (χ4n) is 5.99. The van der Waals surface area contributed by atoms with Gasteiger partial charge in [0.2, 0.25) is 0 Å². The Morgan fingerprint density at radius 1 is 0.518 bits per heavy atom. The molecule has 2 amide bonds. The first-order chi connectivity index (χ1) is 26.9. The minimum atomic E-state index is -0.605. The summed E-state index contributed by atoms with van der Waals surface area (Å²) < 4.78 is 0. The van der Waals surface area contributed by atoms with Gasteiger partial charge < -0.3 is 20.8 Å². The molecule has 0 saturated heterocycles. The summed E-state index contributed by atoms with van der Waals surface area (Å²) in [5.41, 5.74) is 2.79. The van der Waals surface area contributed by atoms with Crippen LogP contribution in [0.2, 0.25) is 20.1 Å². The SMILES string of the molecule is Cc1c(NC(=O)c2cc3ccccc3c(N=Nc3cc(Cl)ccc3Cl)c2O)ccc(NC(=O)c2cc3ccccc3c(N=Nc3cc(Cl)ccc3Cl)c2O)c1C. The van der Waals surface area contributed by atoms with Crippen LogP contribution in [0.15, 0.2) is 130 Å². The van der Waals surface area contributed by atoms with E-state index in [0.29, 0.717) is 64.1 Å². The zero-order valence-electron chi connectivity index (χ0n) is 29.4. The van der Waals surface area contributed by atoms with E-state index in [0.717, 1.165) is 0 Å². The third-order valence-corrected chi connectivity index (χ3v) is 10.2. The number of carbonyl (C=O) groups is 2. The molecule has 7 aromatic carbocycles. The van der Waals surface area contributed by atoms with Crippen molar-refractivity contribution in [1.82, 2.24) is 0 Å². The Hall–Kier alpha value is -6.04. The molecule has 0 aromatic heterocycles. The highest BCUT2D eigenvalue weighted by Crippen LogP contribution is 2.43. The second-order valence-corrected chi connectivity index (χ2v) is 14.3. The van der Waals surface area contributed by atoms with E-state index in [4.69, 9.17) is 46.4 Å². The number of hydrogen-bond donors (Lipinski definition) is 4. The lowest BCUT2D eigenvalue weighted by Crippen LogP contribution is -2.16. The Kier molecular flexibility index (Phi) is 10.9. The van der Waals surface area contributed by atoms with Gasteiger partial charge in [0, 0.05) is 32.2 Å². The quantitative estimate of drug-likeness (QED) is 0.113. The number of phenols is 2. The van der Waals surface area contributed by atoms with Crippen molar-refractivity contribution in [2.75, 3.05) is 10.6 Å². The molecule has 0 atom stereocenters. The molecule has 0 radical (unpaired) electrons. The van der Waals surface area contributed by atoms with E-state index in [2.05, 4.69) is 31.1 Å². The molecule has 0 saturated carbocycles. The number of aromatic hydroxyl groups is 2. The predicted octanol–water partition coefficient (Wildman–Crippen LogP) is 14.0. The average Bonchev–Trinajstić information content (AvgIpc) is 3.19. The molecule has 14 heteroatoms. The van der Waals surface area contributed by atoms with E-state index in [1.165, 1.54) is 12.1 Å². The Morgan fingerprint density at radius 3 is 1.32 bits per heavy atom. The van der Waals surface area contributed by atoms with Gasteiger partial charge in [-0.25, -0.2) is 0 Å². The number of hydrogen-bond acceptors (Lipinski definition) is 8. The van der Waals surface area contributed by atoms with Gasteiger partial charge in [-0.05, 0) is 96.4 Å². The number of rotatable bonds is 8. The summed E-state index contributed by atoms with van der Waals surface area (Å²) in [5, 5.41) is 49.3. The van der Waals surface area contributed by atoms with Crippen molar-refractivity contribution in [1.29, 1.82) is 0 Å². The van der Waals surface area contributed by atoms with E-state index in [9.17, 15) is 19.8 Å². The van der Waals surface area contributed by atoms with Gasteiger partial charge in [-0.15, -0.1) is 20.5 Å². The number of carbonyl (C=O) groups excluding carboxylic acids is 2. The minimum absolute atomic E-state index is 0.0401. The summed E-state index contributed by atoms with van der Waals surface area (Å²) in [5.74, 6) is -1.98. The lowest BCUT2D eigenvalue weighted by molar-refractivity contribution is 0.101. The van der Waals surface area contributed by atoms with Crippen LogP contribution in [0, 0.1) is 13.8 Å². The molecule has 0 bridgehead atoms. The van der Waals surface area contributed by atoms with Crippen molar-refractivity contribution in [3.63, 3.8) is 0 Å². The van der Waals surface area contributed by atoms with Crippen LogP contribution in [-0.4, -0.2) is 22.0 Å². The molecule has 0 spiro atoms. The molecule has 278 valence electrons. The number of azo groups is 2. The number of fused-ring (bicyclic) bond motifs is 2. The summed E-state index contributed by atoms with van der Waals surface area (Å²) in [4.78, 5) is 27.5. The minimum Gasteiger partial charge on any atom is -0.505 e. The third-order valence-electron chi connectivity index (χ3n) is 9.10. The molecule has 10 nitrogen and oxygen atoms in total. The molecule has 0 aliphatic rings. The van der Waals surface area contributed by atoms with Crippen molar-refractivity contribution >= 4 is 114 Å². The lowest BCUT2D eigenvalue weighted by atomic mass is 10.0. The standard InChI is InChI=1S/C42H28Cl4N6O4/c1-21-22(2)34(48-42(56)30-18-24-8-4-6-10-28(24)38(40(30)54)52-50-36-20-26(44)12-14-32(36)46)16-15-33(21)47-41(55)29-17-23-7-3-5-9-27(23)37(39(29)53)51-49-35-19-25(43)11-13-31(35)45/h3-20,53-54H,1-2H3,(H,47,55)(H,48,56). The summed E-state index contributed by atoms with van der Waals surface area (Å²) >= 11 is 24.8. The highest BCUT2D eigenvalue weighted by Gasteiger charge is 2.22. The van der Waals surface area contributed by atoms with Gasteiger partial charge in [0.05, 0.1) is 21.2 Å². The van der Waals surface area contributed by atoms with E-state index in [1.807, 2.05) is 0 Å². The van der Waals surface area contributed by atoms with Crippen molar-refractivity contribution in [2.24, 2.45) is 20.5 Å². The lowest BCUT2D eigenvalue weighted by Gasteiger charge is -2.17. The number of benzene rings is 7. The Labute approximate surface area is 340 Å². The van der Waals surface area contributed by atoms with Crippen molar-refractivity contribution in [2.45, 2.75) is 13.8 Å². The molecule has 0 aliphatic heterocycles. The number of nitrogens with one attached hydrogen (secondary N) is 2. The first-order valence-corrected chi connectivity index (χ1v) is 18.4. The van der Waals surface area contributed by atoms with E-state index < -0.39 is 11.8 Å². The van der Waals surface area contributed by atoms with Crippen LogP contribution < -0.4 is 10.6 Å². The monoisotopic (exact) mass is 820 g/mol. The average molecular weight is 823 g/mol. The fraction of sp³-hybridized carbons (Fsp3) is 0.0476. The topological polar surface area (TPSA) is 148 Å². The smallest absolute Gasteiger partial charge is 0.259 e. The van der Waals surface area contributed by atoms with Gasteiger partial charge in [0.25, 0.3) is 11.8 Å². The first-order valence-electron chi connectivity index (χ1n) is 16.9. The highest BCUT2D eigenvalue weighted by atomic mass is 35.5. The third kappa shape index (κ3) is 7.73. The molecular weight excluding hydrogens is 794 g/mol. The van der Waals surface area contributed by atoms with E-state index >= 15 is 0 Å². The zero-order chi connectivity index (χ0) is 39.7. The number of halogens is 4. The molecule has 56 heavy (non-hydrogen) atoms. The van der Waals surface area contributed by atoms with Gasteiger partial charge in [0.1, 0.15) is 22.7 Å². The molecule has 0 fully saturated rings. The van der Waals surface area contributed by atoms with Crippen molar-refractivity contribution in [3.8, 4) is 11.5 Å². The molecule has 0 aliphatic carbocycles. The number of anilines is 2. The normalized spacial score (nSPS) is 11.5. The second-order valence-electron chi connectivity index (χ2n) is 12.6. The van der Waals surface area contributed by atoms with E-state index in [1.54, 1.807) is 111 Å². The van der Waals surface area contributed by atoms with Crippen molar-refractivity contribution in [3.05, 3.63) is 152 Å². The van der Waals surface area contributed by atoms with Crippen LogP contribution in [0.25, 0.3) is 21.5 Å². The zero-order valence-corrected chi connectivity index (χ0v) is 32.4. The van der Waals surface area contributed by atoms with E-state index in [-0.39, 0.29) is 45.4 Å². The summed E-state index contributed by atoms with van der Waals surface area (Å²) in [6.07, 6.45) is 0. The molecule has 0 heterocycles. The van der Waals surface area contributed by atoms with Crippen LogP contribution in [0.1, 0.15) is 31.8 Å². The molecule has 7 rings (SSSR count). The predicted molar refractivity (Wildman–Crippen MR) is 224 cm³/mol. The highest BCUT2D eigenvalue weighted by molar-refractivity contribution is 6.35. The summed E-state index contributed by atoms with van der Waals surface area (Å²) in [6.45, 7) is 3.56. The fourth-order valence-corrected chi connectivity index (χ4v) is 6.63. The molecular formula is C42H28Cl4N6O4. The van der Waals surface area contributed by atoms with Crippen LogP contribution >= 0.6 is 46.4 Å². The molecule has 7 aromatic rings. The number of nitrogens with zero attached hydrogens (tertiary/aromatic N) is 4. The van der Waals surface area contributed by atoms with Gasteiger partial charge >= 0.3 is 0 Å². The Morgan fingerprint density at radius 2 is 0.911 bits per heavy atom. The van der Waals surface area contributed by atoms with Crippen LogP contribution in [0.4, 0.5) is 34.1 Å². The maximum Gasteiger partial charge on any atom is 0.259 e. The number of phenolic OH excluding ortho intramolecular Hbond substituents is 2. The summed E-state index contributed by atoms with van der Waals surface area (Å²) in [7, 11) is 0. The molecule has 4 N–H and O–H groups in total. The van der Waals surface area contributed by atoms with Gasteiger partial charge in [-0.3, -0.25) is 9.59 Å². The van der Waals surface area contributed by atoms with Crippen LogP contribution in [0.3, 0.4) is 0 Å². The number of amides is 2. The van der Waals surface area contributed by atoms with Gasteiger partial charge in [-0.1, -0.05) is 94.9 Å². The Balaban J connectivity index is 1.17. The molecule has 0 unspecified atom stereocenters. The Bertz CT molecular complexity index is 2620. The van der Waals surface area contributed by atoms with Gasteiger partial charge in [0.15, 0.2) is 11.5 Å². The largest absolute Gasteiger partial charge is 0.505 e. The summed E-state index contributed by atoms with van der Waals surface area (Å²) in [6, 6.07) is 30.1. The van der Waals surface area contributed by atoms with Crippen molar-refractivity contribution < 1.29 is 19.8 Å².